The molecule has 0 spiro atoms. The van der Waals surface area contributed by atoms with Gasteiger partial charge in [-0.05, 0) is 25.2 Å². The summed E-state index contributed by atoms with van der Waals surface area (Å²) < 4.78 is 1.11. The standard InChI is InChI=1S/C10H22N/c1-8-6-10(8)7-9(2)11(3,4)5/h8-10H,6-7H2,1-5H3/q+1. The second-order valence-corrected chi connectivity index (χ2v) is 5.17. The highest BCUT2D eigenvalue weighted by atomic mass is 15.3. The summed E-state index contributed by atoms with van der Waals surface area (Å²) in [6.45, 7) is 4.73. The van der Waals surface area contributed by atoms with Crippen LogP contribution in [0.25, 0.3) is 0 Å². The van der Waals surface area contributed by atoms with Crippen LogP contribution < -0.4 is 0 Å². The molecule has 0 aromatic rings. The zero-order valence-electron chi connectivity index (χ0n) is 8.59. The number of hydrogen-bond donors (Lipinski definition) is 0. The first-order valence-corrected chi connectivity index (χ1v) is 4.72. The summed E-state index contributed by atoms with van der Waals surface area (Å²) in [4.78, 5) is 0. The Labute approximate surface area is 71.0 Å². The Kier molecular flexibility index (Phi) is 2.29. The summed E-state index contributed by atoms with van der Waals surface area (Å²) in [6, 6.07) is 0.824. The lowest BCUT2D eigenvalue weighted by atomic mass is 10.1. The molecule has 0 heterocycles. The van der Waals surface area contributed by atoms with E-state index >= 15 is 0 Å². The first-order chi connectivity index (χ1) is 4.91. The first-order valence-electron chi connectivity index (χ1n) is 4.72. The van der Waals surface area contributed by atoms with Crippen molar-refractivity contribution in [3.05, 3.63) is 0 Å². The first kappa shape index (κ1) is 9.05. The Hall–Kier alpha value is -0.0400. The second kappa shape index (κ2) is 2.78. The van der Waals surface area contributed by atoms with Gasteiger partial charge in [0.05, 0.1) is 27.2 Å². The Morgan fingerprint density at radius 2 is 1.82 bits per heavy atom. The molecular formula is C10H22N+. The summed E-state index contributed by atoms with van der Waals surface area (Å²) in [7, 11) is 6.87. The maximum atomic E-state index is 2.37. The topological polar surface area (TPSA) is 0 Å². The van der Waals surface area contributed by atoms with E-state index in [9.17, 15) is 0 Å². The van der Waals surface area contributed by atoms with Crippen molar-refractivity contribution in [2.75, 3.05) is 21.1 Å². The number of nitrogens with zero attached hydrogens (tertiary/aromatic N) is 1. The van der Waals surface area contributed by atoms with E-state index in [4.69, 9.17) is 0 Å². The van der Waals surface area contributed by atoms with Crippen LogP contribution in [-0.2, 0) is 0 Å². The Morgan fingerprint density at radius 1 is 1.36 bits per heavy atom. The Morgan fingerprint density at radius 3 is 2.09 bits per heavy atom. The zero-order valence-corrected chi connectivity index (χ0v) is 8.59. The summed E-state index contributed by atoms with van der Waals surface area (Å²) >= 11 is 0. The number of quaternary nitrogens is 1. The smallest absolute Gasteiger partial charge is 0.0858 e. The van der Waals surface area contributed by atoms with E-state index in [1.807, 2.05) is 0 Å². The molecular weight excluding hydrogens is 134 g/mol. The van der Waals surface area contributed by atoms with Crippen molar-refractivity contribution < 1.29 is 4.48 Å². The van der Waals surface area contributed by atoms with Gasteiger partial charge in [0, 0.05) is 6.42 Å². The van der Waals surface area contributed by atoms with Gasteiger partial charge in [-0.1, -0.05) is 6.92 Å². The second-order valence-electron chi connectivity index (χ2n) is 5.17. The molecule has 1 nitrogen and oxygen atoms in total. The minimum atomic E-state index is 0.824. The van der Waals surface area contributed by atoms with Gasteiger partial charge in [0.2, 0.25) is 0 Å². The van der Waals surface area contributed by atoms with E-state index in [-0.39, 0.29) is 0 Å². The van der Waals surface area contributed by atoms with E-state index in [2.05, 4.69) is 35.0 Å². The van der Waals surface area contributed by atoms with Crippen molar-refractivity contribution >= 4 is 0 Å². The van der Waals surface area contributed by atoms with Crippen molar-refractivity contribution in [3.8, 4) is 0 Å². The van der Waals surface area contributed by atoms with Gasteiger partial charge in [-0.3, -0.25) is 0 Å². The molecule has 0 amide bonds. The van der Waals surface area contributed by atoms with E-state index in [0.717, 1.165) is 22.4 Å². The van der Waals surface area contributed by atoms with Gasteiger partial charge in [0.15, 0.2) is 0 Å². The monoisotopic (exact) mass is 156 g/mol. The van der Waals surface area contributed by atoms with Crippen molar-refractivity contribution in [3.63, 3.8) is 0 Å². The van der Waals surface area contributed by atoms with E-state index < -0.39 is 0 Å². The third-order valence-corrected chi connectivity index (χ3v) is 3.24. The summed E-state index contributed by atoms with van der Waals surface area (Å²) in [5, 5.41) is 0. The predicted octanol–water partition coefficient (Wildman–Crippen LogP) is 2.13. The molecule has 0 bridgehead atoms. The quantitative estimate of drug-likeness (QED) is 0.549. The zero-order chi connectivity index (χ0) is 8.65. The molecule has 0 aromatic carbocycles. The highest BCUT2D eigenvalue weighted by molar-refractivity contribution is 4.83. The highest BCUT2D eigenvalue weighted by Gasteiger charge is 2.36. The van der Waals surface area contributed by atoms with Crippen molar-refractivity contribution in [2.45, 2.75) is 32.7 Å². The fraction of sp³-hybridized carbons (Fsp3) is 1.00. The third kappa shape index (κ3) is 2.48. The molecule has 1 saturated carbocycles. The molecule has 1 fully saturated rings. The molecule has 1 aliphatic rings. The van der Waals surface area contributed by atoms with Gasteiger partial charge >= 0.3 is 0 Å². The van der Waals surface area contributed by atoms with E-state index in [1.54, 1.807) is 0 Å². The summed E-state index contributed by atoms with van der Waals surface area (Å²) in [5.74, 6) is 2.06. The van der Waals surface area contributed by atoms with Crippen LogP contribution in [0.1, 0.15) is 26.7 Å². The summed E-state index contributed by atoms with van der Waals surface area (Å²) in [5.41, 5.74) is 0. The molecule has 11 heavy (non-hydrogen) atoms. The Balaban J connectivity index is 2.26. The minimum Gasteiger partial charge on any atom is -0.329 e. The highest BCUT2D eigenvalue weighted by Crippen LogP contribution is 2.42. The fourth-order valence-electron chi connectivity index (χ4n) is 1.48. The number of rotatable bonds is 3. The van der Waals surface area contributed by atoms with Crippen molar-refractivity contribution in [2.24, 2.45) is 11.8 Å². The van der Waals surface area contributed by atoms with Gasteiger partial charge in [-0.25, -0.2) is 0 Å². The van der Waals surface area contributed by atoms with Gasteiger partial charge in [-0.15, -0.1) is 0 Å². The summed E-state index contributed by atoms with van der Waals surface area (Å²) in [6.07, 6.45) is 2.90. The van der Waals surface area contributed by atoms with E-state index in [1.165, 1.54) is 12.8 Å². The normalized spacial score (nSPS) is 33.5. The average Bonchev–Trinajstić information content (AvgIpc) is 2.44. The molecule has 1 rings (SSSR count). The van der Waals surface area contributed by atoms with Gasteiger partial charge < -0.3 is 4.48 Å². The molecule has 0 radical (unpaired) electrons. The molecule has 3 unspecified atom stereocenters. The molecule has 0 aliphatic heterocycles. The lowest BCUT2D eigenvalue weighted by Crippen LogP contribution is -2.43. The molecule has 66 valence electrons. The van der Waals surface area contributed by atoms with Gasteiger partial charge in [0.1, 0.15) is 0 Å². The lowest BCUT2D eigenvalue weighted by Gasteiger charge is -2.31. The molecule has 1 aliphatic carbocycles. The Bertz CT molecular complexity index is 134. The van der Waals surface area contributed by atoms with Crippen LogP contribution in [0.3, 0.4) is 0 Å². The molecule has 3 atom stereocenters. The molecule has 0 N–H and O–H groups in total. The molecule has 1 heteroatoms. The molecule has 0 saturated heterocycles. The predicted molar refractivity (Wildman–Crippen MR) is 49.4 cm³/mol. The van der Waals surface area contributed by atoms with Crippen LogP contribution in [0, 0.1) is 11.8 Å². The minimum absolute atomic E-state index is 0.824. The van der Waals surface area contributed by atoms with Crippen LogP contribution >= 0.6 is 0 Å². The maximum absolute atomic E-state index is 2.37. The van der Waals surface area contributed by atoms with Crippen LogP contribution in [0.4, 0.5) is 0 Å². The van der Waals surface area contributed by atoms with Crippen LogP contribution in [0.5, 0.6) is 0 Å². The van der Waals surface area contributed by atoms with Gasteiger partial charge in [0.25, 0.3) is 0 Å². The largest absolute Gasteiger partial charge is 0.329 e. The lowest BCUT2D eigenvalue weighted by molar-refractivity contribution is -0.894. The van der Waals surface area contributed by atoms with Crippen LogP contribution in [0.15, 0.2) is 0 Å². The average molecular weight is 156 g/mol. The fourth-order valence-corrected chi connectivity index (χ4v) is 1.48. The van der Waals surface area contributed by atoms with Crippen LogP contribution in [0.2, 0.25) is 0 Å². The molecule has 0 aromatic heterocycles. The van der Waals surface area contributed by atoms with Gasteiger partial charge in [-0.2, -0.15) is 0 Å². The van der Waals surface area contributed by atoms with E-state index in [0.29, 0.717) is 0 Å². The third-order valence-electron chi connectivity index (χ3n) is 3.24. The van der Waals surface area contributed by atoms with Crippen molar-refractivity contribution in [1.82, 2.24) is 0 Å². The van der Waals surface area contributed by atoms with Crippen molar-refractivity contribution in [1.29, 1.82) is 0 Å². The number of hydrogen-bond acceptors (Lipinski definition) is 0. The SMILES string of the molecule is CC1CC1CC(C)[N+](C)(C)C. The maximum Gasteiger partial charge on any atom is 0.0858 e. The van der Waals surface area contributed by atoms with Crippen LogP contribution in [-0.4, -0.2) is 31.7 Å².